The Labute approximate surface area is 182 Å². The smallest absolute Gasteiger partial charge is 0.256 e. The number of pyridine rings is 2. The number of aromatic nitrogens is 4. The number of carbonyl (C=O) groups excluding carboxylic acids is 1. The van der Waals surface area contributed by atoms with Gasteiger partial charge in [0, 0.05) is 49.9 Å². The van der Waals surface area contributed by atoms with Gasteiger partial charge in [0.15, 0.2) is 0 Å². The lowest BCUT2D eigenvalue weighted by Crippen LogP contribution is -2.31. The zero-order chi connectivity index (χ0) is 21.6. The number of rotatable bonds is 7. The molecule has 3 heterocycles. The maximum absolute atomic E-state index is 12.6. The van der Waals surface area contributed by atoms with Crippen molar-refractivity contribution in [2.75, 3.05) is 13.2 Å². The summed E-state index contributed by atoms with van der Waals surface area (Å²) in [5, 5.41) is 7.86. The fourth-order valence-electron chi connectivity index (χ4n) is 4.35. The number of carbonyl (C=O) groups is 1. The Morgan fingerprint density at radius 1 is 1.16 bits per heavy atom. The van der Waals surface area contributed by atoms with Gasteiger partial charge in [-0.05, 0) is 68.4 Å². The van der Waals surface area contributed by atoms with Crippen molar-refractivity contribution < 1.29 is 9.53 Å². The predicted molar refractivity (Wildman–Crippen MR) is 119 cm³/mol. The second-order valence-corrected chi connectivity index (χ2v) is 8.05. The standard InChI is InChI=1S/C24H29N5O2/c1-3-31-24-20(5-4-12-26-24)23(30)27-15-17-6-8-19(9-7-17)22-21(16-29(2)28-22)18-10-13-25-14-11-18/h4-5,10-14,16-17,19H,3,6-9,15H2,1-2H3,(H,27,30). The molecular formula is C24H29N5O2. The van der Waals surface area contributed by atoms with E-state index in [9.17, 15) is 4.79 Å². The number of amides is 1. The molecule has 7 nitrogen and oxygen atoms in total. The third kappa shape index (κ3) is 4.93. The van der Waals surface area contributed by atoms with E-state index in [0.717, 1.165) is 31.2 Å². The molecule has 0 unspecified atom stereocenters. The lowest BCUT2D eigenvalue weighted by Gasteiger charge is -2.28. The van der Waals surface area contributed by atoms with Crippen LogP contribution in [0.25, 0.3) is 11.1 Å². The summed E-state index contributed by atoms with van der Waals surface area (Å²) < 4.78 is 7.38. The highest BCUT2D eigenvalue weighted by Crippen LogP contribution is 2.39. The average molecular weight is 420 g/mol. The van der Waals surface area contributed by atoms with Gasteiger partial charge in [0.2, 0.25) is 5.88 Å². The lowest BCUT2D eigenvalue weighted by molar-refractivity contribution is 0.0938. The molecule has 1 fully saturated rings. The molecule has 0 aromatic carbocycles. The first-order chi connectivity index (χ1) is 15.2. The Kier molecular flexibility index (Phi) is 6.60. The second-order valence-electron chi connectivity index (χ2n) is 8.05. The summed E-state index contributed by atoms with van der Waals surface area (Å²) in [5.74, 6) is 1.19. The first-order valence-corrected chi connectivity index (χ1v) is 11.0. The van der Waals surface area contributed by atoms with Crippen molar-refractivity contribution in [1.82, 2.24) is 25.1 Å². The van der Waals surface area contributed by atoms with Crippen molar-refractivity contribution in [3.05, 3.63) is 60.3 Å². The topological polar surface area (TPSA) is 81.9 Å². The average Bonchev–Trinajstić information content (AvgIpc) is 3.20. The van der Waals surface area contributed by atoms with Gasteiger partial charge in [-0.15, -0.1) is 0 Å². The molecule has 0 saturated heterocycles. The summed E-state index contributed by atoms with van der Waals surface area (Å²) in [6.45, 7) is 3.04. The highest BCUT2D eigenvalue weighted by molar-refractivity contribution is 5.96. The molecule has 3 aromatic heterocycles. The maximum Gasteiger partial charge on any atom is 0.256 e. The van der Waals surface area contributed by atoms with Crippen molar-refractivity contribution in [1.29, 1.82) is 0 Å². The van der Waals surface area contributed by atoms with Crippen molar-refractivity contribution in [3.8, 4) is 17.0 Å². The molecule has 1 saturated carbocycles. The number of hydrogen-bond donors (Lipinski definition) is 1. The molecule has 0 radical (unpaired) electrons. The molecule has 7 heteroatoms. The number of nitrogens with zero attached hydrogens (tertiary/aromatic N) is 4. The van der Waals surface area contributed by atoms with Crippen LogP contribution in [-0.2, 0) is 7.05 Å². The van der Waals surface area contributed by atoms with Crippen LogP contribution in [-0.4, -0.2) is 38.8 Å². The van der Waals surface area contributed by atoms with E-state index in [2.05, 4.69) is 21.5 Å². The molecule has 0 bridgehead atoms. The molecular weight excluding hydrogens is 390 g/mol. The summed E-state index contributed by atoms with van der Waals surface area (Å²) in [6.07, 6.45) is 11.7. The van der Waals surface area contributed by atoms with Crippen LogP contribution in [0.3, 0.4) is 0 Å². The van der Waals surface area contributed by atoms with Crippen LogP contribution in [0, 0.1) is 5.92 Å². The highest BCUT2D eigenvalue weighted by Gasteiger charge is 2.27. The monoisotopic (exact) mass is 419 g/mol. The van der Waals surface area contributed by atoms with E-state index in [4.69, 9.17) is 9.84 Å². The van der Waals surface area contributed by atoms with Gasteiger partial charge in [-0.3, -0.25) is 14.5 Å². The van der Waals surface area contributed by atoms with Gasteiger partial charge in [-0.2, -0.15) is 5.10 Å². The third-order valence-corrected chi connectivity index (χ3v) is 5.93. The normalized spacial score (nSPS) is 18.5. The molecule has 3 aromatic rings. The summed E-state index contributed by atoms with van der Waals surface area (Å²) in [6, 6.07) is 7.59. The van der Waals surface area contributed by atoms with Crippen LogP contribution in [0.1, 0.15) is 54.6 Å². The van der Waals surface area contributed by atoms with Gasteiger partial charge in [0.25, 0.3) is 5.91 Å². The third-order valence-electron chi connectivity index (χ3n) is 5.93. The van der Waals surface area contributed by atoms with Crippen molar-refractivity contribution in [2.45, 2.75) is 38.5 Å². The SMILES string of the molecule is CCOc1ncccc1C(=O)NCC1CCC(c2nn(C)cc2-c2ccncc2)CC1. The van der Waals surface area contributed by atoms with Crippen LogP contribution in [0.5, 0.6) is 5.88 Å². The van der Waals surface area contributed by atoms with Gasteiger partial charge in [-0.1, -0.05) is 0 Å². The molecule has 0 atom stereocenters. The van der Waals surface area contributed by atoms with E-state index in [-0.39, 0.29) is 5.91 Å². The van der Waals surface area contributed by atoms with Crippen molar-refractivity contribution in [2.24, 2.45) is 13.0 Å². The fourth-order valence-corrected chi connectivity index (χ4v) is 4.35. The Morgan fingerprint density at radius 3 is 2.68 bits per heavy atom. The van der Waals surface area contributed by atoms with Crippen LogP contribution in [0.2, 0.25) is 0 Å². The molecule has 4 rings (SSSR count). The number of aryl methyl sites for hydroxylation is 1. The number of hydrogen-bond acceptors (Lipinski definition) is 5. The molecule has 1 N–H and O–H groups in total. The zero-order valence-electron chi connectivity index (χ0n) is 18.1. The molecule has 1 aliphatic rings. The summed E-state index contributed by atoms with van der Waals surface area (Å²) in [5.41, 5.74) is 4.03. The van der Waals surface area contributed by atoms with Crippen molar-refractivity contribution in [3.63, 3.8) is 0 Å². The van der Waals surface area contributed by atoms with E-state index in [1.54, 1.807) is 18.3 Å². The van der Waals surface area contributed by atoms with Gasteiger partial charge in [0.05, 0.1) is 12.3 Å². The molecule has 0 spiro atoms. The Morgan fingerprint density at radius 2 is 1.94 bits per heavy atom. The molecule has 0 aliphatic heterocycles. The summed E-state index contributed by atoms with van der Waals surface area (Å²) in [4.78, 5) is 20.9. The van der Waals surface area contributed by atoms with Crippen LogP contribution in [0.4, 0.5) is 0 Å². The quantitative estimate of drug-likeness (QED) is 0.626. The van der Waals surface area contributed by atoms with E-state index in [1.807, 2.05) is 43.2 Å². The number of ether oxygens (including phenoxy) is 1. The second kappa shape index (κ2) is 9.73. The first-order valence-electron chi connectivity index (χ1n) is 11.0. The first kappa shape index (κ1) is 21.0. The van der Waals surface area contributed by atoms with Gasteiger partial charge >= 0.3 is 0 Å². The minimum absolute atomic E-state index is 0.122. The Bertz CT molecular complexity index is 1010. The van der Waals surface area contributed by atoms with Gasteiger partial charge in [0.1, 0.15) is 5.56 Å². The number of nitrogens with one attached hydrogen (secondary N) is 1. The molecule has 162 valence electrons. The van der Waals surface area contributed by atoms with Crippen LogP contribution in [0.15, 0.2) is 49.1 Å². The predicted octanol–water partition coefficient (Wildman–Crippen LogP) is 3.98. The van der Waals surface area contributed by atoms with E-state index in [0.29, 0.717) is 36.4 Å². The maximum atomic E-state index is 12.6. The fraction of sp³-hybridized carbons (Fsp3) is 0.417. The van der Waals surface area contributed by atoms with E-state index < -0.39 is 0 Å². The van der Waals surface area contributed by atoms with Gasteiger partial charge < -0.3 is 10.1 Å². The Hall–Kier alpha value is -3.22. The van der Waals surface area contributed by atoms with E-state index >= 15 is 0 Å². The molecule has 31 heavy (non-hydrogen) atoms. The molecule has 1 amide bonds. The highest BCUT2D eigenvalue weighted by atomic mass is 16.5. The zero-order valence-corrected chi connectivity index (χ0v) is 18.1. The van der Waals surface area contributed by atoms with E-state index in [1.165, 1.54) is 11.3 Å². The minimum atomic E-state index is -0.122. The minimum Gasteiger partial charge on any atom is -0.477 e. The van der Waals surface area contributed by atoms with Crippen LogP contribution < -0.4 is 10.1 Å². The van der Waals surface area contributed by atoms with Crippen molar-refractivity contribution >= 4 is 5.91 Å². The van der Waals surface area contributed by atoms with Crippen LogP contribution >= 0.6 is 0 Å². The Balaban J connectivity index is 1.35. The molecule has 1 aliphatic carbocycles. The summed E-state index contributed by atoms with van der Waals surface area (Å²) >= 11 is 0. The summed E-state index contributed by atoms with van der Waals surface area (Å²) in [7, 11) is 1.98. The largest absolute Gasteiger partial charge is 0.477 e. The lowest BCUT2D eigenvalue weighted by atomic mass is 9.79. The van der Waals surface area contributed by atoms with Gasteiger partial charge in [-0.25, -0.2) is 4.98 Å².